The van der Waals surface area contributed by atoms with E-state index in [4.69, 9.17) is 0 Å². The predicted molar refractivity (Wildman–Crippen MR) is 53.7 cm³/mol. The van der Waals surface area contributed by atoms with E-state index < -0.39 is 28.2 Å². The van der Waals surface area contributed by atoms with Crippen LogP contribution in [0.1, 0.15) is 32.1 Å². The number of rotatable bonds is 6. The molecule has 0 radical (unpaired) electrons. The van der Waals surface area contributed by atoms with Crippen LogP contribution in [0.25, 0.3) is 0 Å². The van der Waals surface area contributed by atoms with Gasteiger partial charge in [0.1, 0.15) is 0 Å². The first-order valence-electron chi connectivity index (χ1n) is 5.35. The third-order valence-electron chi connectivity index (χ3n) is 3.18. The normalized spacial score (nSPS) is 19.0. The van der Waals surface area contributed by atoms with Crippen LogP contribution in [-0.4, -0.2) is 33.0 Å². The van der Waals surface area contributed by atoms with Crippen LogP contribution in [0.15, 0.2) is 0 Å². The molecule has 10 nitrogen and oxygen atoms in total. The minimum atomic E-state index is -3.09. The van der Waals surface area contributed by atoms with Gasteiger partial charge in [-0.15, -0.1) is 20.2 Å². The highest BCUT2D eigenvalue weighted by molar-refractivity contribution is 4.88. The molecule has 0 aliphatic heterocycles. The molecule has 10 heteroatoms. The zero-order chi connectivity index (χ0) is 13.8. The lowest BCUT2D eigenvalue weighted by molar-refractivity contribution is -0.903. The Bertz CT molecular complexity index is 311. The minimum Gasteiger partial charge on any atom is -0.396 e. The Morgan fingerprint density at radius 1 is 1.11 bits per heavy atom. The second-order valence-corrected chi connectivity index (χ2v) is 4.21. The lowest BCUT2D eigenvalue weighted by Gasteiger charge is -2.43. The van der Waals surface area contributed by atoms with Gasteiger partial charge in [-0.05, 0) is 12.8 Å². The van der Waals surface area contributed by atoms with Gasteiger partial charge in [0.25, 0.3) is 10.2 Å². The van der Waals surface area contributed by atoms with Crippen LogP contribution in [-0.2, 0) is 9.68 Å². The van der Waals surface area contributed by atoms with Gasteiger partial charge in [0.05, 0.1) is 12.0 Å². The maximum absolute atomic E-state index is 10.3. The fourth-order valence-corrected chi connectivity index (χ4v) is 2.21. The van der Waals surface area contributed by atoms with Crippen LogP contribution < -0.4 is 0 Å². The smallest absolute Gasteiger partial charge is 0.371 e. The van der Waals surface area contributed by atoms with Gasteiger partial charge in [0.15, 0.2) is 0 Å². The average Bonchev–Trinajstić information content (AvgIpc) is 2.27. The van der Waals surface area contributed by atoms with E-state index in [2.05, 4.69) is 9.68 Å². The highest BCUT2D eigenvalue weighted by Crippen LogP contribution is 2.45. The molecule has 2 N–H and O–H groups in total. The summed E-state index contributed by atoms with van der Waals surface area (Å²) in [5.41, 5.74) is -1.58. The van der Waals surface area contributed by atoms with Gasteiger partial charge in [0.2, 0.25) is 0 Å². The fourth-order valence-electron chi connectivity index (χ4n) is 2.21. The molecule has 0 amide bonds. The molecular weight excluding hydrogens is 252 g/mol. The Hall–Kier alpha value is -1.68. The van der Waals surface area contributed by atoms with Crippen molar-refractivity contribution in [1.82, 2.24) is 0 Å². The molecule has 0 heterocycles. The van der Waals surface area contributed by atoms with E-state index in [-0.39, 0.29) is 12.8 Å². The van der Waals surface area contributed by atoms with Crippen LogP contribution in [0.2, 0.25) is 0 Å². The summed E-state index contributed by atoms with van der Waals surface area (Å²) >= 11 is 0. The molecule has 1 aliphatic carbocycles. The summed E-state index contributed by atoms with van der Waals surface area (Å²) in [7, 11) is 0. The SMILES string of the molecule is O=[N+]([O-])OC(O)(O[N+](=O)[O-])C1(CO)CCCCC1. The summed E-state index contributed by atoms with van der Waals surface area (Å²) < 4.78 is 0. The molecule has 1 fully saturated rings. The molecule has 104 valence electrons. The lowest BCUT2D eigenvalue weighted by Crippen LogP contribution is -2.57. The van der Waals surface area contributed by atoms with Gasteiger partial charge >= 0.3 is 5.97 Å². The lowest BCUT2D eigenvalue weighted by atomic mass is 9.72. The van der Waals surface area contributed by atoms with E-state index in [9.17, 15) is 30.4 Å². The van der Waals surface area contributed by atoms with Crippen molar-refractivity contribution in [3.05, 3.63) is 20.2 Å². The summed E-state index contributed by atoms with van der Waals surface area (Å²) in [6.45, 7) is -0.717. The molecule has 0 saturated heterocycles. The average molecular weight is 266 g/mol. The molecular formula is C8H14N2O8. The van der Waals surface area contributed by atoms with Crippen molar-refractivity contribution in [3.8, 4) is 0 Å². The molecule has 1 aliphatic rings. The maximum atomic E-state index is 10.3. The third kappa shape index (κ3) is 2.76. The van der Waals surface area contributed by atoms with Gasteiger partial charge in [-0.2, -0.15) is 0 Å². The van der Waals surface area contributed by atoms with Crippen LogP contribution in [0.4, 0.5) is 0 Å². The second kappa shape index (κ2) is 5.31. The van der Waals surface area contributed by atoms with Crippen molar-refractivity contribution in [2.45, 2.75) is 38.1 Å². The topological polar surface area (TPSA) is 145 Å². The van der Waals surface area contributed by atoms with Gasteiger partial charge in [-0.3, -0.25) is 0 Å². The number of aliphatic hydroxyl groups excluding tert-OH is 1. The number of nitrogens with zero attached hydrogens (tertiary/aromatic N) is 2. The first kappa shape index (κ1) is 14.4. The van der Waals surface area contributed by atoms with Crippen molar-refractivity contribution in [2.24, 2.45) is 5.41 Å². The molecule has 1 rings (SSSR count). The number of hydrogen-bond acceptors (Lipinski definition) is 8. The summed E-state index contributed by atoms with van der Waals surface area (Å²) in [5, 5.41) is 37.2. The molecule has 0 aromatic carbocycles. The van der Waals surface area contributed by atoms with Crippen molar-refractivity contribution in [3.63, 3.8) is 0 Å². The Labute approximate surface area is 101 Å². The molecule has 1 saturated carbocycles. The zero-order valence-electron chi connectivity index (χ0n) is 9.48. The van der Waals surface area contributed by atoms with E-state index in [1.54, 1.807) is 0 Å². The summed E-state index contributed by atoms with van der Waals surface area (Å²) in [6, 6.07) is 0. The van der Waals surface area contributed by atoms with Crippen molar-refractivity contribution < 1.29 is 30.1 Å². The van der Waals surface area contributed by atoms with E-state index in [1.165, 1.54) is 0 Å². The van der Waals surface area contributed by atoms with Crippen LogP contribution >= 0.6 is 0 Å². The maximum Gasteiger partial charge on any atom is 0.371 e. The molecule has 0 atom stereocenters. The summed E-state index contributed by atoms with van der Waals surface area (Å²) in [6.07, 6.45) is 2.15. The Balaban J connectivity index is 3.04. The molecule has 0 aromatic heterocycles. The Morgan fingerprint density at radius 2 is 1.56 bits per heavy atom. The highest BCUT2D eigenvalue weighted by atomic mass is 17.1. The van der Waals surface area contributed by atoms with Crippen LogP contribution in [0.5, 0.6) is 0 Å². The highest BCUT2D eigenvalue weighted by Gasteiger charge is 2.57. The van der Waals surface area contributed by atoms with Crippen LogP contribution in [0, 0.1) is 25.6 Å². The minimum absolute atomic E-state index is 0.127. The number of aliphatic hydroxyl groups is 2. The first-order chi connectivity index (χ1) is 8.35. The fraction of sp³-hybridized carbons (Fsp3) is 1.00. The van der Waals surface area contributed by atoms with Crippen molar-refractivity contribution in [2.75, 3.05) is 6.61 Å². The van der Waals surface area contributed by atoms with E-state index in [0.717, 1.165) is 6.42 Å². The molecule has 0 unspecified atom stereocenters. The Kier molecular flexibility index (Phi) is 4.24. The van der Waals surface area contributed by atoms with Crippen molar-refractivity contribution in [1.29, 1.82) is 0 Å². The largest absolute Gasteiger partial charge is 0.396 e. The summed E-state index contributed by atoms with van der Waals surface area (Å²) in [5.74, 6) is -3.09. The monoisotopic (exact) mass is 266 g/mol. The summed E-state index contributed by atoms with van der Waals surface area (Å²) in [4.78, 5) is 28.5. The molecule has 0 bridgehead atoms. The van der Waals surface area contributed by atoms with Crippen LogP contribution in [0.3, 0.4) is 0 Å². The Morgan fingerprint density at radius 3 is 1.89 bits per heavy atom. The van der Waals surface area contributed by atoms with E-state index >= 15 is 0 Å². The van der Waals surface area contributed by atoms with E-state index in [1.807, 2.05) is 0 Å². The van der Waals surface area contributed by atoms with E-state index in [0.29, 0.717) is 12.8 Å². The predicted octanol–water partition coefficient (Wildman–Crippen LogP) is -0.00810. The quantitative estimate of drug-likeness (QED) is 0.388. The zero-order valence-corrected chi connectivity index (χ0v) is 9.48. The van der Waals surface area contributed by atoms with Gasteiger partial charge in [0, 0.05) is 0 Å². The molecule has 18 heavy (non-hydrogen) atoms. The van der Waals surface area contributed by atoms with Gasteiger partial charge < -0.3 is 10.2 Å². The number of hydrogen-bond donors (Lipinski definition) is 2. The first-order valence-corrected chi connectivity index (χ1v) is 5.35. The van der Waals surface area contributed by atoms with Crippen molar-refractivity contribution >= 4 is 0 Å². The van der Waals surface area contributed by atoms with Gasteiger partial charge in [-0.25, -0.2) is 9.68 Å². The third-order valence-corrected chi connectivity index (χ3v) is 3.18. The molecule has 0 aromatic rings. The second-order valence-electron chi connectivity index (χ2n) is 4.21. The molecule has 0 spiro atoms. The standard InChI is InChI=1S/C8H14N2O8/c11-6-7(4-2-1-3-5-7)8(12,17-9(13)14)18-10(15)16/h11-12H,1-6H2. The van der Waals surface area contributed by atoms with Gasteiger partial charge in [-0.1, -0.05) is 19.3 Å².